The minimum absolute atomic E-state index is 0.000268. The van der Waals surface area contributed by atoms with Gasteiger partial charge in [-0.2, -0.15) is 0 Å². The molecule has 1 N–H and O–H groups in total. The lowest BCUT2D eigenvalue weighted by Crippen LogP contribution is -2.56. The summed E-state index contributed by atoms with van der Waals surface area (Å²) in [7, 11) is -4.36. The highest BCUT2D eigenvalue weighted by atomic mass is 28.4. The van der Waals surface area contributed by atoms with E-state index in [1.165, 1.54) is 12.5 Å². The molecular formula is C31H50O6Si2. The van der Waals surface area contributed by atoms with Gasteiger partial charge in [-0.1, -0.05) is 69.3 Å². The average molecular weight is 575 g/mol. The Morgan fingerprint density at radius 1 is 1.08 bits per heavy atom. The fraction of sp³-hybridized carbons (Fsp3) is 0.613. The first-order valence-electron chi connectivity index (χ1n) is 13.9. The number of ether oxygens (including phenoxy) is 1. The summed E-state index contributed by atoms with van der Waals surface area (Å²) in [6.45, 7) is 24.9. The van der Waals surface area contributed by atoms with Gasteiger partial charge >= 0.3 is 5.97 Å². The van der Waals surface area contributed by atoms with Crippen molar-refractivity contribution in [2.24, 2.45) is 5.92 Å². The molecule has 1 aromatic carbocycles. The molecule has 6 nitrogen and oxygen atoms in total. The summed E-state index contributed by atoms with van der Waals surface area (Å²) in [4.78, 5) is 26.2. The van der Waals surface area contributed by atoms with Gasteiger partial charge in [-0.05, 0) is 81.5 Å². The van der Waals surface area contributed by atoms with E-state index < -0.39 is 40.1 Å². The van der Waals surface area contributed by atoms with Crippen LogP contribution in [0.4, 0.5) is 0 Å². The smallest absolute Gasteiger partial charge is 0.342 e. The lowest BCUT2D eigenvalue weighted by molar-refractivity contribution is -0.166. The summed E-state index contributed by atoms with van der Waals surface area (Å²) in [5.41, 5.74) is 1.01. The monoisotopic (exact) mass is 574 g/mol. The molecule has 0 bridgehead atoms. The SMILES string of the molecule is C=C(C[C@@H](OCc1ccccc1)C(=O)[C@](C)(O[Si](C)(C)C)C(=O)O)[C@@H]1CC=C(C)[C@H](O[Si](C)(C)C(C)(C)C)C1. The van der Waals surface area contributed by atoms with Crippen LogP contribution in [-0.2, 0) is 29.8 Å². The summed E-state index contributed by atoms with van der Waals surface area (Å²) < 4.78 is 18.9. The second kappa shape index (κ2) is 12.8. The largest absolute Gasteiger partial charge is 0.479 e. The number of carboxylic acid groups (broad SMARTS) is 1. The number of carboxylic acids is 1. The van der Waals surface area contributed by atoms with Crippen LogP contribution in [0, 0.1) is 5.92 Å². The van der Waals surface area contributed by atoms with Gasteiger partial charge in [-0.15, -0.1) is 0 Å². The molecule has 0 saturated heterocycles. The Hall–Kier alpha value is -1.85. The Morgan fingerprint density at radius 3 is 2.18 bits per heavy atom. The van der Waals surface area contributed by atoms with Crippen LogP contribution in [0.1, 0.15) is 59.4 Å². The quantitative estimate of drug-likeness (QED) is 0.149. The molecule has 1 aliphatic carbocycles. The Labute approximate surface area is 238 Å². The molecule has 4 atom stereocenters. The van der Waals surface area contributed by atoms with Gasteiger partial charge in [0, 0.05) is 6.42 Å². The standard InChI is InChI=1S/C31H50O6Si2/c1-22-17-18-25(20-26(22)36-39(10,11)30(3,4)5)23(2)19-27(35-21-24-15-13-12-14-16-24)28(32)31(6,29(33)34)37-38(7,8)9/h12-17,25-27H,2,18-21H2,1,3-11H3,(H,33,34)/t25-,26-,27-,31+/m1/s1. The van der Waals surface area contributed by atoms with Crippen molar-refractivity contribution in [2.75, 3.05) is 0 Å². The number of aliphatic carboxylic acids is 1. The van der Waals surface area contributed by atoms with Gasteiger partial charge in [0.2, 0.25) is 11.4 Å². The van der Waals surface area contributed by atoms with Crippen LogP contribution in [0.25, 0.3) is 0 Å². The molecule has 8 heteroatoms. The number of hydrogen-bond donors (Lipinski definition) is 1. The number of ketones is 1. The van der Waals surface area contributed by atoms with E-state index in [1.807, 2.05) is 50.0 Å². The normalized spacial score (nSPS) is 21.0. The molecule has 218 valence electrons. The maximum Gasteiger partial charge on any atom is 0.342 e. The Morgan fingerprint density at radius 2 is 1.67 bits per heavy atom. The van der Waals surface area contributed by atoms with Crippen LogP contribution in [0.2, 0.25) is 37.8 Å². The number of Topliss-reactive ketones (excluding diaryl/α,β-unsaturated/α-hetero) is 1. The van der Waals surface area contributed by atoms with Crippen molar-refractivity contribution in [1.82, 2.24) is 0 Å². The zero-order valence-corrected chi connectivity index (χ0v) is 27.7. The van der Waals surface area contributed by atoms with Crippen LogP contribution >= 0.6 is 0 Å². The first-order chi connectivity index (χ1) is 17.8. The number of rotatable bonds is 13. The van der Waals surface area contributed by atoms with E-state index in [2.05, 4.69) is 53.4 Å². The number of carbonyl (C=O) groups excluding carboxylic acids is 1. The highest BCUT2D eigenvalue weighted by Gasteiger charge is 2.49. The fourth-order valence-electron chi connectivity index (χ4n) is 4.53. The van der Waals surface area contributed by atoms with Gasteiger partial charge in [0.25, 0.3) is 0 Å². The molecule has 39 heavy (non-hydrogen) atoms. The first-order valence-corrected chi connectivity index (χ1v) is 20.2. The molecule has 0 radical (unpaired) electrons. The third kappa shape index (κ3) is 9.08. The third-order valence-electron chi connectivity index (χ3n) is 7.97. The second-order valence-electron chi connectivity index (χ2n) is 13.5. The van der Waals surface area contributed by atoms with Crippen molar-refractivity contribution in [2.45, 2.75) is 116 Å². The topological polar surface area (TPSA) is 82.1 Å². The molecule has 0 heterocycles. The number of carbonyl (C=O) groups is 2. The Balaban J connectivity index is 2.29. The highest BCUT2D eigenvalue weighted by molar-refractivity contribution is 6.74. The van der Waals surface area contributed by atoms with E-state index in [-0.39, 0.29) is 30.1 Å². The maximum absolute atomic E-state index is 13.9. The lowest BCUT2D eigenvalue weighted by atomic mass is 9.80. The highest BCUT2D eigenvalue weighted by Crippen LogP contribution is 2.41. The van der Waals surface area contributed by atoms with Crippen LogP contribution in [0.3, 0.4) is 0 Å². The van der Waals surface area contributed by atoms with Crippen molar-refractivity contribution >= 4 is 28.4 Å². The first kappa shape index (κ1) is 33.4. The van der Waals surface area contributed by atoms with E-state index in [0.29, 0.717) is 0 Å². The van der Waals surface area contributed by atoms with Crippen molar-refractivity contribution in [1.29, 1.82) is 0 Å². The minimum Gasteiger partial charge on any atom is -0.479 e. The number of allylic oxidation sites excluding steroid dienone is 1. The Kier molecular flexibility index (Phi) is 10.9. The molecular weight excluding hydrogens is 525 g/mol. The molecule has 1 aliphatic rings. The molecule has 2 rings (SSSR count). The van der Waals surface area contributed by atoms with Gasteiger partial charge in [0.05, 0.1) is 12.7 Å². The molecule has 1 aromatic rings. The predicted molar refractivity (Wildman–Crippen MR) is 163 cm³/mol. The summed E-state index contributed by atoms with van der Waals surface area (Å²) in [6, 6.07) is 9.57. The van der Waals surface area contributed by atoms with Crippen LogP contribution < -0.4 is 0 Å². The molecule has 0 saturated carbocycles. The number of hydrogen-bond acceptors (Lipinski definition) is 5. The zero-order chi connectivity index (χ0) is 29.8. The zero-order valence-electron chi connectivity index (χ0n) is 25.7. The van der Waals surface area contributed by atoms with Gasteiger partial charge in [-0.25, -0.2) is 4.79 Å². The molecule has 0 unspecified atom stereocenters. The molecule has 0 aromatic heterocycles. The van der Waals surface area contributed by atoms with Gasteiger partial charge in [-0.3, -0.25) is 4.79 Å². The third-order valence-corrected chi connectivity index (χ3v) is 13.5. The summed E-state index contributed by atoms with van der Waals surface area (Å²) in [5.74, 6) is -1.77. The Bertz CT molecular complexity index is 1050. The van der Waals surface area contributed by atoms with Gasteiger partial charge in [0.15, 0.2) is 16.6 Å². The van der Waals surface area contributed by atoms with Crippen molar-refractivity contribution in [3.05, 3.63) is 59.7 Å². The van der Waals surface area contributed by atoms with Crippen LogP contribution in [-0.4, -0.2) is 51.3 Å². The van der Waals surface area contributed by atoms with Gasteiger partial charge < -0.3 is 18.7 Å². The molecule has 0 spiro atoms. The van der Waals surface area contributed by atoms with E-state index in [4.69, 9.17) is 13.6 Å². The van der Waals surface area contributed by atoms with E-state index in [0.717, 1.165) is 24.0 Å². The van der Waals surface area contributed by atoms with Crippen molar-refractivity contribution in [3.8, 4) is 0 Å². The molecule has 0 fully saturated rings. The van der Waals surface area contributed by atoms with Crippen molar-refractivity contribution < 1.29 is 28.3 Å². The van der Waals surface area contributed by atoms with E-state index >= 15 is 0 Å². The van der Waals surface area contributed by atoms with E-state index in [1.54, 1.807) is 0 Å². The minimum atomic E-state index is -2.38. The predicted octanol–water partition coefficient (Wildman–Crippen LogP) is 7.53. The summed E-state index contributed by atoms with van der Waals surface area (Å²) in [5, 5.41) is 10.2. The molecule has 0 amide bonds. The van der Waals surface area contributed by atoms with Crippen LogP contribution in [0.5, 0.6) is 0 Å². The van der Waals surface area contributed by atoms with Crippen molar-refractivity contribution in [3.63, 3.8) is 0 Å². The molecule has 0 aliphatic heterocycles. The fourth-order valence-corrected chi connectivity index (χ4v) is 7.29. The lowest BCUT2D eigenvalue weighted by Gasteiger charge is -2.42. The number of benzene rings is 1. The van der Waals surface area contributed by atoms with E-state index in [9.17, 15) is 14.7 Å². The van der Waals surface area contributed by atoms with Crippen LogP contribution in [0.15, 0.2) is 54.1 Å². The maximum atomic E-state index is 13.9. The summed E-state index contributed by atoms with van der Waals surface area (Å²) >= 11 is 0. The summed E-state index contributed by atoms with van der Waals surface area (Å²) in [6.07, 6.45) is 3.04. The second-order valence-corrected chi connectivity index (χ2v) is 22.7. The van der Waals surface area contributed by atoms with Gasteiger partial charge in [0.1, 0.15) is 6.10 Å². The average Bonchev–Trinajstić information content (AvgIpc) is 2.81.